The van der Waals surface area contributed by atoms with Crippen molar-refractivity contribution < 1.29 is 23.5 Å². The number of benzene rings is 2. The average molecular weight is 437 g/mol. The number of halogens is 2. The normalized spacial score (nSPS) is 10.2. The average Bonchev–Trinajstić information content (AvgIpc) is 2.62. The van der Waals surface area contributed by atoms with Gasteiger partial charge in [0.05, 0.1) is 6.42 Å². The molecule has 0 aliphatic rings. The van der Waals surface area contributed by atoms with Crippen LogP contribution in [0.15, 0.2) is 46.9 Å². The Morgan fingerprint density at radius 2 is 1.70 bits per heavy atom. The van der Waals surface area contributed by atoms with Gasteiger partial charge in [-0.05, 0) is 55.0 Å². The van der Waals surface area contributed by atoms with Crippen LogP contribution in [0.5, 0.6) is 0 Å². The molecule has 142 valence electrons. The minimum Gasteiger partial charge on any atom is -0.456 e. The van der Waals surface area contributed by atoms with E-state index in [0.29, 0.717) is 11.4 Å². The molecule has 0 atom stereocenters. The Balaban J connectivity index is 1.69. The molecule has 0 fully saturated rings. The van der Waals surface area contributed by atoms with Gasteiger partial charge in [0.15, 0.2) is 6.61 Å². The van der Waals surface area contributed by atoms with Crippen molar-refractivity contribution >= 4 is 45.1 Å². The van der Waals surface area contributed by atoms with E-state index in [2.05, 4.69) is 26.6 Å². The number of carbonyl (C=O) groups excluding carboxylic acids is 3. The fourth-order valence-corrected chi connectivity index (χ4v) is 2.62. The molecule has 2 aromatic carbocycles. The molecule has 0 bridgehead atoms. The third kappa shape index (κ3) is 7.18. The Kier molecular flexibility index (Phi) is 7.48. The lowest BCUT2D eigenvalue weighted by atomic mass is 10.2. The standard InChI is InChI=1S/C19H18BrFN2O4/c1-12-10-13(20)2-7-16(12)23-17(24)8-9-19(26)27-11-18(25)22-15-5-3-14(21)4-6-15/h2-7,10H,8-9,11H2,1H3,(H,22,25)(H,23,24). The van der Waals surface area contributed by atoms with Gasteiger partial charge in [0.2, 0.25) is 5.91 Å². The molecule has 0 aromatic heterocycles. The molecule has 6 nitrogen and oxygen atoms in total. The van der Waals surface area contributed by atoms with E-state index in [1.807, 2.05) is 13.0 Å². The van der Waals surface area contributed by atoms with E-state index in [0.717, 1.165) is 10.0 Å². The molecule has 8 heteroatoms. The van der Waals surface area contributed by atoms with Gasteiger partial charge in [-0.3, -0.25) is 14.4 Å². The molecule has 27 heavy (non-hydrogen) atoms. The summed E-state index contributed by atoms with van der Waals surface area (Å²) < 4.78 is 18.5. The molecule has 2 amide bonds. The Morgan fingerprint density at radius 1 is 1.00 bits per heavy atom. The van der Waals surface area contributed by atoms with Crippen LogP contribution < -0.4 is 10.6 Å². The van der Waals surface area contributed by atoms with Gasteiger partial charge in [-0.25, -0.2) is 4.39 Å². The zero-order valence-electron chi connectivity index (χ0n) is 14.6. The van der Waals surface area contributed by atoms with E-state index < -0.39 is 24.3 Å². The van der Waals surface area contributed by atoms with Gasteiger partial charge in [-0.2, -0.15) is 0 Å². The predicted octanol–water partition coefficient (Wildman–Crippen LogP) is 3.80. The lowest BCUT2D eigenvalue weighted by molar-refractivity contribution is -0.147. The van der Waals surface area contributed by atoms with Crippen LogP contribution in [0.3, 0.4) is 0 Å². The summed E-state index contributed by atoms with van der Waals surface area (Å²) in [7, 11) is 0. The summed E-state index contributed by atoms with van der Waals surface area (Å²) in [6, 6.07) is 10.6. The molecule has 2 rings (SSSR count). The monoisotopic (exact) mass is 436 g/mol. The van der Waals surface area contributed by atoms with Crippen LogP contribution in [-0.2, 0) is 19.1 Å². The van der Waals surface area contributed by atoms with Gasteiger partial charge >= 0.3 is 5.97 Å². The van der Waals surface area contributed by atoms with Gasteiger partial charge < -0.3 is 15.4 Å². The number of carbonyl (C=O) groups is 3. The van der Waals surface area contributed by atoms with Crippen LogP contribution in [0.2, 0.25) is 0 Å². The smallest absolute Gasteiger partial charge is 0.306 e. The van der Waals surface area contributed by atoms with Crippen LogP contribution in [-0.4, -0.2) is 24.4 Å². The molecule has 2 aromatic rings. The van der Waals surface area contributed by atoms with E-state index in [1.165, 1.54) is 24.3 Å². The van der Waals surface area contributed by atoms with Gasteiger partial charge in [-0.15, -0.1) is 0 Å². The fraction of sp³-hybridized carbons (Fsp3) is 0.211. The van der Waals surface area contributed by atoms with Crippen LogP contribution in [0.4, 0.5) is 15.8 Å². The lowest BCUT2D eigenvalue weighted by Crippen LogP contribution is -2.21. The van der Waals surface area contributed by atoms with E-state index >= 15 is 0 Å². The molecule has 0 aliphatic carbocycles. The van der Waals surface area contributed by atoms with Crippen molar-refractivity contribution in [1.82, 2.24) is 0 Å². The molecule has 0 radical (unpaired) electrons. The highest BCUT2D eigenvalue weighted by molar-refractivity contribution is 9.10. The van der Waals surface area contributed by atoms with Crippen molar-refractivity contribution in [3.8, 4) is 0 Å². The number of rotatable bonds is 7. The Hall–Kier alpha value is -2.74. The first-order valence-electron chi connectivity index (χ1n) is 8.10. The van der Waals surface area contributed by atoms with Crippen LogP contribution >= 0.6 is 15.9 Å². The summed E-state index contributed by atoms with van der Waals surface area (Å²) in [6.45, 7) is 1.37. The Labute approximate surface area is 164 Å². The first kappa shape index (κ1) is 20.6. The second-order valence-corrected chi connectivity index (χ2v) is 6.64. The predicted molar refractivity (Wildman–Crippen MR) is 103 cm³/mol. The maximum Gasteiger partial charge on any atom is 0.306 e. The highest BCUT2D eigenvalue weighted by atomic mass is 79.9. The molecular weight excluding hydrogens is 419 g/mol. The topological polar surface area (TPSA) is 84.5 Å². The van der Waals surface area contributed by atoms with Crippen LogP contribution in [0, 0.1) is 12.7 Å². The van der Waals surface area contributed by atoms with E-state index in [1.54, 1.807) is 12.1 Å². The number of amides is 2. The molecule has 0 heterocycles. The number of ether oxygens (including phenoxy) is 1. The number of esters is 1. The highest BCUT2D eigenvalue weighted by Crippen LogP contribution is 2.20. The number of hydrogen-bond donors (Lipinski definition) is 2. The minimum absolute atomic E-state index is 0.0616. The summed E-state index contributed by atoms with van der Waals surface area (Å²) in [4.78, 5) is 35.3. The molecule has 2 N–H and O–H groups in total. The maximum absolute atomic E-state index is 12.8. The highest BCUT2D eigenvalue weighted by Gasteiger charge is 2.12. The van der Waals surface area contributed by atoms with Crippen molar-refractivity contribution in [3.05, 3.63) is 58.3 Å². The Morgan fingerprint density at radius 3 is 2.37 bits per heavy atom. The molecule has 0 spiro atoms. The number of hydrogen-bond acceptors (Lipinski definition) is 4. The summed E-state index contributed by atoms with van der Waals surface area (Å²) >= 11 is 3.34. The van der Waals surface area contributed by atoms with Crippen LogP contribution in [0.25, 0.3) is 0 Å². The van der Waals surface area contributed by atoms with Crippen molar-refractivity contribution in [3.63, 3.8) is 0 Å². The summed E-state index contributed by atoms with van der Waals surface area (Å²) in [6.07, 6.45) is -0.209. The molecule has 0 saturated heterocycles. The zero-order chi connectivity index (χ0) is 19.8. The van der Waals surface area contributed by atoms with Crippen molar-refractivity contribution in [2.45, 2.75) is 19.8 Å². The summed E-state index contributed by atoms with van der Waals surface area (Å²) in [5, 5.41) is 5.18. The second kappa shape index (κ2) is 9.82. The fourth-order valence-electron chi connectivity index (χ4n) is 2.14. The van der Waals surface area contributed by atoms with Gasteiger partial charge in [-0.1, -0.05) is 15.9 Å². The first-order valence-corrected chi connectivity index (χ1v) is 8.90. The number of anilines is 2. The quantitative estimate of drug-likeness (QED) is 0.646. The first-order chi connectivity index (χ1) is 12.8. The molecular formula is C19H18BrFN2O4. The van der Waals surface area contributed by atoms with Crippen molar-refractivity contribution in [1.29, 1.82) is 0 Å². The van der Waals surface area contributed by atoms with Gasteiger partial charge in [0, 0.05) is 22.3 Å². The maximum atomic E-state index is 12.8. The van der Waals surface area contributed by atoms with Crippen molar-refractivity contribution in [2.75, 3.05) is 17.2 Å². The van der Waals surface area contributed by atoms with Gasteiger partial charge in [0.1, 0.15) is 5.82 Å². The second-order valence-electron chi connectivity index (χ2n) is 5.72. The number of aryl methyl sites for hydroxylation is 1. The van der Waals surface area contributed by atoms with Crippen LogP contribution in [0.1, 0.15) is 18.4 Å². The molecule has 0 saturated carbocycles. The zero-order valence-corrected chi connectivity index (χ0v) is 16.1. The minimum atomic E-state index is -0.660. The van der Waals surface area contributed by atoms with E-state index in [9.17, 15) is 18.8 Å². The number of nitrogens with one attached hydrogen (secondary N) is 2. The largest absolute Gasteiger partial charge is 0.456 e. The summed E-state index contributed by atoms with van der Waals surface area (Å²) in [5.41, 5.74) is 1.94. The third-order valence-electron chi connectivity index (χ3n) is 3.51. The Bertz CT molecular complexity index is 840. The third-order valence-corrected chi connectivity index (χ3v) is 4.00. The van der Waals surface area contributed by atoms with E-state index in [4.69, 9.17) is 4.74 Å². The van der Waals surface area contributed by atoms with Gasteiger partial charge in [0.25, 0.3) is 5.91 Å². The molecule has 0 unspecified atom stereocenters. The molecule has 0 aliphatic heterocycles. The SMILES string of the molecule is Cc1cc(Br)ccc1NC(=O)CCC(=O)OCC(=O)Nc1ccc(F)cc1. The van der Waals surface area contributed by atoms with Crippen molar-refractivity contribution in [2.24, 2.45) is 0 Å². The summed E-state index contributed by atoms with van der Waals surface area (Å²) in [5.74, 6) is -1.96. The lowest BCUT2D eigenvalue weighted by Gasteiger charge is -2.09. The van der Waals surface area contributed by atoms with E-state index in [-0.39, 0.29) is 18.7 Å².